The third-order valence-electron chi connectivity index (χ3n) is 3.94. The molecule has 0 bridgehead atoms. The lowest BCUT2D eigenvalue weighted by atomic mass is 10.1. The Bertz CT molecular complexity index is 922. The molecule has 2 N–H and O–H groups in total. The van der Waals surface area contributed by atoms with Crippen molar-refractivity contribution < 1.29 is 43.5 Å². The maximum Gasteiger partial charge on any atom is 0.212 e. The van der Waals surface area contributed by atoms with Crippen LogP contribution in [0.2, 0.25) is 0 Å². The fourth-order valence-electron chi connectivity index (χ4n) is 2.65. The van der Waals surface area contributed by atoms with Crippen molar-refractivity contribution in [3.8, 4) is 17.2 Å². The monoisotopic (exact) mass is 449 g/mol. The second-order valence-electron chi connectivity index (χ2n) is 5.55. The Labute approximate surface area is 164 Å². The van der Waals surface area contributed by atoms with Gasteiger partial charge in [-0.2, -0.15) is 4.57 Å². The van der Waals surface area contributed by atoms with Crippen LogP contribution in [-0.4, -0.2) is 16.8 Å². The number of nitrogens with zero attached hydrogens (tertiary/aromatic N) is 1. The summed E-state index contributed by atoms with van der Waals surface area (Å²) in [6, 6.07) is 14.9. The molecule has 3 rings (SSSR count). The molecule has 0 aliphatic rings. The molecule has 5 heteroatoms. The molecule has 0 amide bonds. The van der Waals surface area contributed by atoms with Crippen LogP contribution in [0.3, 0.4) is 0 Å². The number of aromatic hydroxyl groups is 2. The number of fused-ring (bicyclic) bond motifs is 1. The van der Waals surface area contributed by atoms with E-state index in [9.17, 15) is 10.2 Å². The van der Waals surface area contributed by atoms with Crippen LogP contribution in [-0.2, 0) is 7.05 Å². The molecule has 0 saturated carbocycles. The lowest BCUT2D eigenvalue weighted by Gasteiger charge is -2.05. The maximum atomic E-state index is 9.56. The van der Waals surface area contributed by atoms with Crippen molar-refractivity contribution in [3.05, 3.63) is 59.8 Å². The molecule has 0 spiro atoms. The van der Waals surface area contributed by atoms with Crippen LogP contribution in [0.25, 0.3) is 23.1 Å². The summed E-state index contributed by atoms with van der Waals surface area (Å²) in [5.74, 6) is 0.630. The van der Waals surface area contributed by atoms with Crippen LogP contribution < -0.4 is 33.3 Å². The summed E-state index contributed by atoms with van der Waals surface area (Å²) in [6.07, 6.45) is 3.87. The van der Waals surface area contributed by atoms with Gasteiger partial charge in [0.25, 0.3) is 0 Å². The number of hydrogen-bond donors (Lipinski definition) is 2. The number of ether oxygens (including phenoxy) is 1. The van der Waals surface area contributed by atoms with Gasteiger partial charge >= 0.3 is 0 Å². The Morgan fingerprint density at radius 2 is 1.76 bits per heavy atom. The molecule has 130 valence electrons. The van der Waals surface area contributed by atoms with E-state index in [0.717, 1.165) is 27.9 Å². The van der Waals surface area contributed by atoms with Crippen LogP contribution in [0.15, 0.2) is 48.5 Å². The van der Waals surface area contributed by atoms with Gasteiger partial charge in [-0.15, -0.1) is 0 Å². The zero-order chi connectivity index (χ0) is 17.1. The van der Waals surface area contributed by atoms with E-state index in [1.54, 1.807) is 6.07 Å². The van der Waals surface area contributed by atoms with E-state index in [1.165, 1.54) is 12.1 Å². The average molecular weight is 449 g/mol. The van der Waals surface area contributed by atoms with Gasteiger partial charge in [0.2, 0.25) is 11.2 Å². The molecule has 4 nitrogen and oxygen atoms in total. The summed E-state index contributed by atoms with van der Waals surface area (Å²) < 4.78 is 7.64. The summed E-state index contributed by atoms with van der Waals surface area (Å²) in [4.78, 5) is 0. The number of phenols is 2. The number of phenolic OH excluding ortho intramolecular Hbond substituents is 2. The molecule has 0 aliphatic heterocycles. The number of rotatable bonds is 4. The molecule has 25 heavy (non-hydrogen) atoms. The average Bonchev–Trinajstić information content (AvgIpc) is 2.57. The molecule has 1 heterocycles. The van der Waals surface area contributed by atoms with Crippen molar-refractivity contribution in [1.29, 1.82) is 0 Å². The van der Waals surface area contributed by atoms with Gasteiger partial charge < -0.3 is 38.9 Å². The molecule has 0 fully saturated rings. The van der Waals surface area contributed by atoms with Crippen LogP contribution >= 0.6 is 0 Å². The second kappa shape index (κ2) is 8.20. The Hall–Kier alpha value is -2.28. The van der Waals surface area contributed by atoms with Crippen molar-refractivity contribution in [3.63, 3.8) is 0 Å². The SMILES string of the molecule is CCOc1ccc2c(ccc(/C=C/c3ccc(O)c(O)c3)[n+]2C)c1.[I-]. The lowest BCUT2D eigenvalue weighted by Crippen LogP contribution is -3.00. The molecule has 0 unspecified atom stereocenters. The highest BCUT2D eigenvalue weighted by molar-refractivity contribution is 5.79. The summed E-state index contributed by atoms with van der Waals surface area (Å²) in [6.45, 7) is 2.62. The largest absolute Gasteiger partial charge is 1.00 e. The van der Waals surface area contributed by atoms with Gasteiger partial charge in [0.15, 0.2) is 11.5 Å². The highest BCUT2D eigenvalue weighted by atomic mass is 127. The van der Waals surface area contributed by atoms with Crippen LogP contribution in [0.1, 0.15) is 18.2 Å². The maximum absolute atomic E-state index is 9.56. The quantitative estimate of drug-likeness (QED) is 0.350. The fraction of sp³-hybridized carbons (Fsp3) is 0.150. The first kappa shape index (κ1) is 19.1. The Morgan fingerprint density at radius 1 is 0.960 bits per heavy atom. The third kappa shape index (κ3) is 4.22. The number of aryl methyl sites for hydroxylation is 1. The predicted molar refractivity (Wildman–Crippen MR) is 95.0 cm³/mol. The van der Waals surface area contributed by atoms with Crippen molar-refractivity contribution in [1.82, 2.24) is 0 Å². The topological polar surface area (TPSA) is 53.6 Å². The Balaban J connectivity index is 0.00000225. The van der Waals surface area contributed by atoms with Gasteiger partial charge in [-0.25, -0.2) is 0 Å². The smallest absolute Gasteiger partial charge is 0.212 e. The molecule has 0 radical (unpaired) electrons. The zero-order valence-corrected chi connectivity index (χ0v) is 16.3. The lowest BCUT2D eigenvalue weighted by molar-refractivity contribution is -0.646. The number of hydrogen-bond acceptors (Lipinski definition) is 3. The molecule has 0 aliphatic carbocycles. The summed E-state index contributed by atoms with van der Waals surface area (Å²) in [7, 11) is 2.01. The number of aromatic nitrogens is 1. The van der Waals surface area contributed by atoms with Crippen molar-refractivity contribution >= 4 is 23.1 Å². The summed E-state index contributed by atoms with van der Waals surface area (Å²) in [5.41, 5.74) is 2.95. The number of benzene rings is 2. The van der Waals surface area contributed by atoms with E-state index in [4.69, 9.17) is 4.74 Å². The minimum absolute atomic E-state index is 0. The van der Waals surface area contributed by atoms with Gasteiger partial charge in [0.05, 0.1) is 12.0 Å². The standard InChI is InChI=1S/C20H19NO3.HI/c1-3-24-17-9-10-18-15(13-17)6-8-16(21(18)2)7-4-14-5-11-19(22)20(23)12-14;/h4-13,23H,3H2,1-2H3;1H. The fourth-order valence-corrected chi connectivity index (χ4v) is 2.65. The normalized spacial score (nSPS) is 10.8. The van der Waals surface area contributed by atoms with Crippen LogP contribution in [0.4, 0.5) is 0 Å². The molecule has 3 aromatic rings. The van der Waals surface area contributed by atoms with Gasteiger partial charge in [0, 0.05) is 18.2 Å². The van der Waals surface area contributed by atoms with Crippen molar-refractivity contribution in [2.45, 2.75) is 6.92 Å². The van der Waals surface area contributed by atoms with Gasteiger partial charge in [0.1, 0.15) is 12.8 Å². The second-order valence-corrected chi connectivity index (χ2v) is 5.55. The summed E-state index contributed by atoms with van der Waals surface area (Å²) >= 11 is 0. The Morgan fingerprint density at radius 3 is 2.48 bits per heavy atom. The van der Waals surface area contributed by atoms with Gasteiger partial charge in [-0.3, -0.25) is 0 Å². The molecule has 2 aromatic carbocycles. The third-order valence-corrected chi connectivity index (χ3v) is 3.94. The molecule has 0 atom stereocenters. The van der Waals surface area contributed by atoms with E-state index >= 15 is 0 Å². The van der Waals surface area contributed by atoms with Gasteiger partial charge in [-0.05, 0) is 48.9 Å². The van der Waals surface area contributed by atoms with E-state index in [0.29, 0.717) is 6.61 Å². The summed E-state index contributed by atoms with van der Waals surface area (Å²) in [5, 5.41) is 20.0. The highest BCUT2D eigenvalue weighted by Gasteiger charge is 2.10. The van der Waals surface area contributed by atoms with Crippen LogP contribution in [0.5, 0.6) is 17.2 Å². The minimum atomic E-state index is -0.122. The van der Waals surface area contributed by atoms with E-state index in [-0.39, 0.29) is 35.5 Å². The predicted octanol–water partition coefficient (Wildman–Crippen LogP) is 0.649. The first-order valence-electron chi connectivity index (χ1n) is 7.84. The first-order valence-corrected chi connectivity index (χ1v) is 7.84. The minimum Gasteiger partial charge on any atom is -1.00 e. The van der Waals surface area contributed by atoms with E-state index in [2.05, 4.69) is 10.6 Å². The van der Waals surface area contributed by atoms with Gasteiger partial charge in [-0.1, -0.05) is 6.07 Å². The van der Waals surface area contributed by atoms with Crippen molar-refractivity contribution in [2.24, 2.45) is 7.05 Å². The molecule has 1 aromatic heterocycles. The molecular weight excluding hydrogens is 429 g/mol. The highest BCUT2D eigenvalue weighted by Crippen LogP contribution is 2.26. The molecule has 0 saturated heterocycles. The van der Waals surface area contributed by atoms with E-state index in [1.807, 2.05) is 50.4 Å². The van der Waals surface area contributed by atoms with Crippen molar-refractivity contribution in [2.75, 3.05) is 6.61 Å². The zero-order valence-electron chi connectivity index (χ0n) is 14.1. The number of halogens is 1. The first-order chi connectivity index (χ1) is 11.6. The Kier molecular flexibility index (Phi) is 6.25. The molecular formula is C20H20INO3. The van der Waals surface area contributed by atoms with E-state index < -0.39 is 0 Å². The van der Waals surface area contributed by atoms with Crippen LogP contribution in [0, 0.1) is 0 Å². The number of pyridine rings is 1.